The summed E-state index contributed by atoms with van der Waals surface area (Å²) >= 11 is 0. The van der Waals surface area contributed by atoms with Crippen LogP contribution in [0.3, 0.4) is 0 Å². The number of carbonyl (C=O) groups excluding carboxylic acids is 1. The smallest absolute Gasteiger partial charge is 0.240 e. The average molecular weight is 396 g/mol. The van der Waals surface area contributed by atoms with Crippen LogP contribution in [0.5, 0.6) is 0 Å². The van der Waals surface area contributed by atoms with E-state index in [1.165, 1.54) is 30.0 Å². The molecule has 1 amide bonds. The number of hydrogen-bond acceptors (Lipinski definition) is 4. The monoisotopic (exact) mass is 395 g/mol. The minimum absolute atomic E-state index is 0.189. The van der Waals surface area contributed by atoms with Crippen LogP contribution in [0.4, 0.5) is 5.69 Å². The lowest BCUT2D eigenvalue weighted by Gasteiger charge is -2.35. The summed E-state index contributed by atoms with van der Waals surface area (Å²) in [5.74, 6) is -0.269. The number of anilines is 1. The van der Waals surface area contributed by atoms with Crippen molar-refractivity contribution in [2.75, 3.05) is 36.7 Å². The van der Waals surface area contributed by atoms with E-state index < -0.39 is 10.0 Å². The second-order valence-corrected chi connectivity index (χ2v) is 9.26. The van der Waals surface area contributed by atoms with E-state index in [9.17, 15) is 13.2 Å². The van der Waals surface area contributed by atoms with E-state index in [-0.39, 0.29) is 12.5 Å². The number of rotatable bonds is 9. The van der Waals surface area contributed by atoms with Crippen molar-refractivity contribution in [1.82, 2.24) is 10.2 Å². The lowest BCUT2D eigenvalue weighted by Crippen LogP contribution is -2.42. The first-order valence-electron chi connectivity index (χ1n) is 9.87. The normalized spacial score (nSPS) is 18.3. The molecule has 0 spiro atoms. The van der Waals surface area contributed by atoms with E-state index in [4.69, 9.17) is 0 Å². The summed E-state index contributed by atoms with van der Waals surface area (Å²) in [6.07, 6.45) is 7.02. The first-order chi connectivity index (χ1) is 12.8. The molecule has 1 aromatic carbocycles. The SMILES string of the molecule is CCC1CCCCN1CCCNC(=O)CN(c1ccccc1C)S(C)(=O)=O. The van der Waals surface area contributed by atoms with Crippen molar-refractivity contribution in [3.05, 3.63) is 29.8 Å². The second-order valence-electron chi connectivity index (χ2n) is 7.35. The van der Waals surface area contributed by atoms with Crippen LogP contribution in [0.1, 0.15) is 44.6 Å². The highest BCUT2D eigenvalue weighted by molar-refractivity contribution is 7.92. The molecule has 152 valence electrons. The Kier molecular flexibility index (Phi) is 8.10. The van der Waals surface area contributed by atoms with Crippen LogP contribution in [-0.4, -0.2) is 57.7 Å². The molecule has 0 radical (unpaired) electrons. The van der Waals surface area contributed by atoms with E-state index >= 15 is 0 Å². The number of benzene rings is 1. The van der Waals surface area contributed by atoms with Crippen molar-refractivity contribution in [1.29, 1.82) is 0 Å². The largest absolute Gasteiger partial charge is 0.354 e. The molecule has 1 unspecified atom stereocenters. The number of para-hydroxylation sites is 1. The first-order valence-corrected chi connectivity index (χ1v) is 11.7. The molecule has 7 heteroatoms. The number of amides is 1. The van der Waals surface area contributed by atoms with E-state index in [1.54, 1.807) is 12.1 Å². The van der Waals surface area contributed by atoms with Crippen molar-refractivity contribution < 1.29 is 13.2 Å². The number of carbonyl (C=O) groups is 1. The van der Waals surface area contributed by atoms with Gasteiger partial charge in [0.05, 0.1) is 11.9 Å². The summed E-state index contributed by atoms with van der Waals surface area (Å²) in [7, 11) is -3.53. The van der Waals surface area contributed by atoms with Crippen LogP contribution < -0.4 is 9.62 Å². The topological polar surface area (TPSA) is 69.7 Å². The minimum atomic E-state index is -3.53. The highest BCUT2D eigenvalue weighted by Gasteiger charge is 2.22. The van der Waals surface area contributed by atoms with E-state index in [0.29, 0.717) is 18.3 Å². The third kappa shape index (κ3) is 6.50. The fraction of sp³-hybridized carbons (Fsp3) is 0.650. The second kappa shape index (κ2) is 10.1. The van der Waals surface area contributed by atoms with Crippen molar-refractivity contribution >= 4 is 21.6 Å². The summed E-state index contributed by atoms with van der Waals surface area (Å²) in [5.41, 5.74) is 1.38. The van der Waals surface area contributed by atoms with Crippen LogP contribution in [-0.2, 0) is 14.8 Å². The Bertz CT molecular complexity index is 721. The summed E-state index contributed by atoms with van der Waals surface area (Å²) in [4.78, 5) is 14.8. The molecular weight excluding hydrogens is 362 g/mol. The average Bonchev–Trinajstić information content (AvgIpc) is 2.63. The zero-order valence-electron chi connectivity index (χ0n) is 16.8. The van der Waals surface area contributed by atoms with Crippen molar-refractivity contribution in [2.24, 2.45) is 0 Å². The molecule has 1 heterocycles. The molecule has 1 fully saturated rings. The van der Waals surface area contributed by atoms with Gasteiger partial charge in [0, 0.05) is 19.1 Å². The maximum atomic E-state index is 12.3. The molecule has 1 N–H and O–H groups in total. The molecule has 1 aliphatic heterocycles. The molecule has 1 aromatic rings. The maximum Gasteiger partial charge on any atom is 0.240 e. The Hall–Kier alpha value is -1.60. The highest BCUT2D eigenvalue weighted by Crippen LogP contribution is 2.22. The molecule has 2 rings (SSSR count). The minimum Gasteiger partial charge on any atom is -0.354 e. The fourth-order valence-corrected chi connectivity index (χ4v) is 4.65. The highest BCUT2D eigenvalue weighted by atomic mass is 32.2. The van der Waals surface area contributed by atoms with Gasteiger partial charge in [-0.1, -0.05) is 31.5 Å². The van der Waals surface area contributed by atoms with Crippen LogP contribution in [0.25, 0.3) is 0 Å². The lowest BCUT2D eigenvalue weighted by atomic mass is 10.00. The number of piperidine rings is 1. The first kappa shape index (κ1) is 21.7. The number of sulfonamides is 1. The van der Waals surface area contributed by atoms with E-state index in [0.717, 1.165) is 31.3 Å². The Morgan fingerprint density at radius 2 is 2.04 bits per heavy atom. The Labute approximate surface area is 164 Å². The number of nitrogens with zero attached hydrogens (tertiary/aromatic N) is 2. The molecule has 0 saturated carbocycles. The van der Waals surface area contributed by atoms with Gasteiger partial charge in [-0.3, -0.25) is 9.10 Å². The number of nitrogens with one attached hydrogen (secondary N) is 1. The zero-order chi connectivity index (χ0) is 19.9. The fourth-order valence-electron chi connectivity index (χ4n) is 3.74. The number of aryl methyl sites for hydroxylation is 1. The van der Waals surface area contributed by atoms with Gasteiger partial charge >= 0.3 is 0 Å². The summed E-state index contributed by atoms with van der Waals surface area (Å²) in [6.45, 7) is 6.57. The van der Waals surface area contributed by atoms with E-state index in [2.05, 4.69) is 17.1 Å². The van der Waals surface area contributed by atoms with Gasteiger partial charge in [-0.15, -0.1) is 0 Å². The molecule has 0 aromatic heterocycles. The molecule has 6 nitrogen and oxygen atoms in total. The standard InChI is InChI=1S/C20H33N3O3S/c1-4-18-11-7-8-14-22(18)15-9-13-21-20(24)16-23(27(3,25)26)19-12-6-5-10-17(19)2/h5-6,10,12,18H,4,7-9,11,13-16H2,1-3H3,(H,21,24). The van der Waals surface area contributed by atoms with Crippen molar-refractivity contribution in [2.45, 2.75) is 52.0 Å². The number of hydrogen-bond donors (Lipinski definition) is 1. The Morgan fingerprint density at radius 3 is 2.70 bits per heavy atom. The third-order valence-electron chi connectivity index (χ3n) is 5.24. The van der Waals surface area contributed by atoms with Crippen LogP contribution in [0.15, 0.2) is 24.3 Å². The van der Waals surface area contributed by atoms with E-state index in [1.807, 2.05) is 19.1 Å². The Balaban J connectivity index is 1.85. The molecular formula is C20H33N3O3S. The molecule has 0 bridgehead atoms. The number of likely N-dealkylation sites (tertiary alicyclic amines) is 1. The molecule has 1 saturated heterocycles. The lowest BCUT2D eigenvalue weighted by molar-refractivity contribution is -0.119. The van der Waals surface area contributed by atoms with Crippen molar-refractivity contribution in [3.8, 4) is 0 Å². The quantitative estimate of drug-likeness (QED) is 0.653. The molecule has 1 aliphatic rings. The summed E-state index contributed by atoms with van der Waals surface area (Å²) in [5, 5.41) is 2.88. The van der Waals surface area contributed by atoms with Crippen LogP contribution in [0, 0.1) is 6.92 Å². The van der Waals surface area contributed by atoms with Crippen molar-refractivity contribution in [3.63, 3.8) is 0 Å². The molecule has 0 aliphatic carbocycles. The predicted molar refractivity (Wildman–Crippen MR) is 110 cm³/mol. The van der Waals surface area contributed by atoms with Gasteiger partial charge in [0.15, 0.2) is 0 Å². The van der Waals surface area contributed by atoms with Crippen LogP contribution >= 0.6 is 0 Å². The molecule has 27 heavy (non-hydrogen) atoms. The molecule has 1 atom stereocenters. The summed E-state index contributed by atoms with van der Waals surface area (Å²) < 4.78 is 25.5. The van der Waals surface area contributed by atoms with Gasteiger partial charge in [-0.2, -0.15) is 0 Å². The zero-order valence-corrected chi connectivity index (χ0v) is 17.6. The van der Waals surface area contributed by atoms with Gasteiger partial charge in [-0.25, -0.2) is 8.42 Å². The van der Waals surface area contributed by atoms with Gasteiger partial charge in [0.2, 0.25) is 15.9 Å². The Morgan fingerprint density at radius 1 is 1.30 bits per heavy atom. The van der Waals surface area contributed by atoms with Gasteiger partial charge in [0.25, 0.3) is 0 Å². The summed E-state index contributed by atoms with van der Waals surface area (Å²) in [6, 6.07) is 7.86. The van der Waals surface area contributed by atoms with Gasteiger partial charge in [-0.05, 0) is 50.8 Å². The predicted octanol–water partition coefficient (Wildman–Crippen LogP) is 2.53. The van der Waals surface area contributed by atoms with Gasteiger partial charge < -0.3 is 10.2 Å². The van der Waals surface area contributed by atoms with Gasteiger partial charge in [0.1, 0.15) is 6.54 Å². The third-order valence-corrected chi connectivity index (χ3v) is 6.36. The van der Waals surface area contributed by atoms with Crippen LogP contribution in [0.2, 0.25) is 0 Å². The maximum absolute atomic E-state index is 12.3.